The number of phenolic OH excluding ortho intramolecular Hbond substituents is 1. The number of nitrogens with two attached hydrogens (primary N) is 1. The van der Waals surface area contributed by atoms with Gasteiger partial charge in [0.05, 0.1) is 17.1 Å². The zero-order chi connectivity index (χ0) is 61.2. The van der Waals surface area contributed by atoms with Gasteiger partial charge >= 0.3 is 0 Å². The van der Waals surface area contributed by atoms with Crippen molar-refractivity contribution in [2.75, 3.05) is 16.0 Å². The molecule has 2 unspecified atom stereocenters. The second-order valence-corrected chi connectivity index (χ2v) is 23.9. The molecule has 2 atom stereocenters. The molecule has 0 saturated heterocycles. The van der Waals surface area contributed by atoms with Crippen molar-refractivity contribution in [3.63, 3.8) is 0 Å². The molecule has 5 nitrogen and oxygen atoms in total. The fraction of sp³-hybridized carbons (Fsp3) is 0.108. The van der Waals surface area contributed by atoms with E-state index in [1.807, 2.05) is 115 Å². The fourth-order valence-electron chi connectivity index (χ4n) is 12.6. The smallest absolute Gasteiger partial charge is 0.159 e. The summed E-state index contributed by atoms with van der Waals surface area (Å²) >= 11 is 1.86. The Morgan fingerprint density at radius 2 is 1.33 bits per heavy atom. The quantitative estimate of drug-likeness (QED) is 0.0609. The number of nitrogen functional groups attached to an aromatic ring is 1. The van der Waals surface area contributed by atoms with Gasteiger partial charge in [-0.05, 0) is 138 Å². The molecule has 12 aromatic rings. The van der Waals surface area contributed by atoms with Gasteiger partial charge in [0.25, 0.3) is 0 Å². The lowest BCUT2D eigenvalue weighted by Crippen LogP contribution is -2.33. The number of hydrogen-bond donors (Lipinski definition) is 3. The highest BCUT2D eigenvalue weighted by Gasteiger charge is 2.32. The number of nitrogens with one attached hydrogen (secondary N) is 1. The maximum Gasteiger partial charge on any atom is 0.159 e. The molecule has 0 fully saturated rings. The van der Waals surface area contributed by atoms with Gasteiger partial charge in [0.15, 0.2) is 5.58 Å². The topological polar surface area (TPSA) is 74.7 Å². The van der Waals surface area contributed by atoms with Gasteiger partial charge < -0.3 is 25.5 Å². The number of hydrogen-bond acceptors (Lipinski definition) is 6. The van der Waals surface area contributed by atoms with E-state index >= 15 is 0 Å². The number of rotatable bonds is 13. The molecule has 6 heteroatoms. The number of aromatic hydroxyl groups is 1. The lowest BCUT2D eigenvalue weighted by atomic mass is 9.82. The summed E-state index contributed by atoms with van der Waals surface area (Å²) in [5, 5.41) is 22.5. The summed E-state index contributed by atoms with van der Waals surface area (Å²) in [5.74, 6) is 0.497. The molecule has 89 heavy (non-hydrogen) atoms. The van der Waals surface area contributed by atoms with Crippen molar-refractivity contribution in [1.82, 2.24) is 0 Å². The number of furan rings is 1. The molecule has 14 rings (SSSR count). The number of para-hydroxylation sites is 4. The highest BCUT2D eigenvalue weighted by molar-refractivity contribution is 7.26. The van der Waals surface area contributed by atoms with Crippen molar-refractivity contribution in [1.29, 1.82) is 0 Å². The van der Waals surface area contributed by atoms with E-state index in [9.17, 15) is 5.11 Å². The zero-order valence-corrected chi connectivity index (χ0v) is 51.6. The first-order valence-electron chi connectivity index (χ1n) is 30.7. The Balaban J connectivity index is 0.000000245. The lowest BCUT2D eigenvalue weighted by Gasteiger charge is -2.38. The highest BCUT2D eigenvalue weighted by atomic mass is 32.1. The first-order valence-corrected chi connectivity index (χ1v) is 31.5. The Bertz CT molecular complexity index is 4730. The van der Waals surface area contributed by atoms with Gasteiger partial charge in [-0.25, -0.2) is 0 Å². The van der Waals surface area contributed by atoms with Crippen LogP contribution in [0.5, 0.6) is 5.75 Å². The van der Waals surface area contributed by atoms with E-state index in [1.54, 1.807) is 0 Å². The maximum absolute atomic E-state index is 11.6. The number of anilines is 5. The standard InChI is InChI=1S/C58H48N2O2S.C19H18.C6H7N/c1-4-5-7-17-36(2)41-24-15-27-47(57(41)61)59-48-34-52-55(44-23-11-10-21-42(44)48)56-53(63-52)35-50(46-26-14-18-37(3)54(46)56)60(40-32-30-39(31-33-40)38-19-8-6-9-20-38)49-28-16-25-45-43-22-12-13-29-51(43)62-58(45)49;1-3-10-19(18-13-8-5-9-14-18)15-16(2)17-11-6-4-7-12-17;7-6-4-2-1-3-5-6/h4-17,19-30,34-35,37,40,59,61H,2,18,31-33H2,1,3H3;3-15H,1H2,2H3;1-5H,7H2/b5-4-,17-7-;16-15+,19-10+;. The Morgan fingerprint density at radius 1 is 0.674 bits per heavy atom. The first-order chi connectivity index (χ1) is 43.7. The SMILES string of the molecule is C=C(/C=C\C=C/C)c1cccc(Nc2cc3sc4cc(N(c5cccc6c5oc5ccccc56)C5CC=C(c6ccccc6)CC5)c5c(c4c3c3ccccc23)C(C)CC=C5)c1O.C=C/C=C(\C=C(/C)c1ccccc1)c1ccccc1.Nc1ccccc1. The van der Waals surface area contributed by atoms with Crippen molar-refractivity contribution < 1.29 is 9.52 Å². The molecule has 2 aromatic heterocycles. The maximum atomic E-state index is 11.6. The molecule has 4 N–H and O–H groups in total. The van der Waals surface area contributed by atoms with Gasteiger partial charge in [0.2, 0.25) is 0 Å². The van der Waals surface area contributed by atoms with E-state index in [-0.39, 0.29) is 11.8 Å². The van der Waals surface area contributed by atoms with Crippen LogP contribution in [0.1, 0.15) is 85.8 Å². The minimum Gasteiger partial charge on any atom is -0.505 e. The molecule has 2 heterocycles. The van der Waals surface area contributed by atoms with Crippen LogP contribution in [-0.4, -0.2) is 11.1 Å². The third-order valence-corrected chi connectivity index (χ3v) is 18.0. The van der Waals surface area contributed by atoms with E-state index in [4.69, 9.17) is 10.2 Å². The van der Waals surface area contributed by atoms with Gasteiger partial charge in [-0.2, -0.15) is 0 Å². The van der Waals surface area contributed by atoms with Crippen LogP contribution in [0, 0.1) is 0 Å². The van der Waals surface area contributed by atoms with Crippen LogP contribution in [0.2, 0.25) is 0 Å². The minimum atomic E-state index is 0.181. The van der Waals surface area contributed by atoms with Crippen molar-refractivity contribution in [3.05, 3.63) is 320 Å². The third-order valence-electron chi connectivity index (χ3n) is 16.9. The van der Waals surface area contributed by atoms with Gasteiger partial charge in [-0.3, -0.25) is 0 Å². The Kier molecular flexibility index (Phi) is 18.0. The van der Waals surface area contributed by atoms with Crippen LogP contribution in [0.15, 0.2) is 291 Å². The normalized spacial score (nSPS) is 15.0. The Labute approximate surface area is 527 Å². The van der Waals surface area contributed by atoms with E-state index in [1.165, 1.54) is 75.8 Å². The predicted octanol–water partition coefficient (Wildman–Crippen LogP) is 23.6. The molecule has 2 aliphatic rings. The van der Waals surface area contributed by atoms with Crippen molar-refractivity contribution in [2.24, 2.45) is 0 Å². The molecule has 438 valence electrons. The molecule has 0 saturated carbocycles. The minimum absolute atomic E-state index is 0.181. The van der Waals surface area contributed by atoms with Gasteiger partial charge in [-0.1, -0.05) is 257 Å². The lowest BCUT2D eigenvalue weighted by molar-refractivity contribution is 0.476. The second-order valence-electron chi connectivity index (χ2n) is 22.8. The molecule has 10 aromatic carbocycles. The monoisotopic (exact) mass is 1180 g/mol. The second kappa shape index (κ2) is 27.1. The van der Waals surface area contributed by atoms with Crippen LogP contribution in [0.3, 0.4) is 0 Å². The molecule has 0 spiro atoms. The summed E-state index contributed by atoms with van der Waals surface area (Å²) in [6.45, 7) is 14.6. The number of benzene rings is 10. The summed E-state index contributed by atoms with van der Waals surface area (Å²) in [5.41, 5.74) is 23.7. The largest absolute Gasteiger partial charge is 0.505 e. The number of allylic oxidation sites excluding steroid dienone is 12. The number of thiophene rings is 1. The molecule has 0 aliphatic heterocycles. The average molecular weight is 1180 g/mol. The number of nitrogens with zero attached hydrogens (tertiary/aromatic N) is 1. The third kappa shape index (κ3) is 12.6. The van der Waals surface area contributed by atoms with Crippen LogP contribution in [-0.2, 0) is 0 Å². The van der Waals surface area contributed by atoms with Crippen molar-refractivity contribution in [2.45, 2.75) is 58.4 Å². The molecule has 0 bridgehead atoms. The summed E-state index contributed by atoms with van der Waals surface area (Å²) in [7, 11) is 0. The van der Waals surface area contributed by atoms with Gasteiger partial charge in [0, 0.05) is 64.9 Å². The summed E-state index contributed by atoms with van der Waals surface area (Å²) in [6, 6.07) is 75.7. The van der Waals surface area contributed by atoms with Gasteiger partial charge in [-0.15, -0.1) is 11.3 Å². The van der Waals surface area contributed by atoms with E-state index in [0.717, 1.165) is 75.6 Å². The average Bonchev–Trinajstić information content (AvgIpc) is 1.63. The molecule has 0 amide bonds. The molecular formula is C83H73N3O2S. The number of phenols is 1. The van der Waals surface area contributed by atoms with Gasteiger partial charge in [0.1, 0.15) is 11.3 Å². The van der Waals surface area contributed by atoms with Crippen LogP contribution >= 0.6 is 11.3 Å². The summed E-state index contributed by atoms with van der Waals surface area (Å²) < 4.78 is 9.30. The van der Waals surface area contributed by atoms with Crippen molar-refractivity contribution in [3.8, 4) is 5.75 Å². The first kappa shape index (κ1) is 59.0. The summed E-state index contributed by atoms with van der Waals surface area (Å²) in [6.07, 6.45) is 25.0. The highest BCUT2D eigenvalue weighted by Crippen LogP contribution is 2.53. The van der Waals surface area contributed by atoms with Crippen LogP contribution < -0.4 is 16.0 Å². The summed E-state index contributed by atoms with van der Waals surface area (Å²) in [4.78, 5) is 2.64. The van der Waals surface area contributed by atoms with Crippen LogP contribution in [0.4, 0.5) is 28.4 Å². The van der Waals surface area contributed by atoms with E-state index in [2.05, 4.69) is 219 Å². The fourth-order valence-corrected chi connectivity index (χ4v) is 13.8. The van der Waals surface area contributed by atoms with Crippen LogP contribution in [0.25, 0.3) is 81.3 Å². The van der Waals surface area contributed by atoms with E-state index in [0.29, 0.717) is 17.2 Å². The van der Waals surface area contributed by atoms with E-state index < -0.39 is 0 Å². The Morgan fingerprint density at radius 3 is 2.02 bits per heavy atom. The molecular weight excluding hydrogens is 1100 g/mol. The predicted molar refractivity (Wildman–Crippen MR) is 387 cm³/mol. The zero-order valence-electron chi connectivity index (χ0n) is 50.7. The molecule has 0 radical (unpaired) electrons. The molecule has 2 aliphatic carbocycles. The Hall–Kier alpha value is -10.4. The number of fused-ring (bicyclic) bond motifs is 10. The van der Waals surface area contributed by atoms with Crippen molar-refractivity contribution >= 4 is 121 Å².